The van der Waals surface area contributed by atoms with E-state index in [1.807, 2.05) is 139 Å². The van der Waals surface area contributed by atoms with Crippen molar-refractivity contribution in [1.29, 1.82) is 0 Å². The van der Waals surface area contributed by atoms with Gasteiger partial charge in [0.25, 0.3) is 5.91 Å². The van der Waals surface area contributed by atoms with Crippen LogP contribution in [-0.2, 0) is 25.2 Å². The van der Waals surface area contributed by atoms with Crippen LogP contribution >= 0.6 is 11.8 Å². The van der Waals surface area contributed by atoms with Crippen molar-refractivity contribution >= 4 is 45.5 Å². The Morgan fingerprint density at radius 2 is 1.21 bits per heavy atom. The number of para-hydroxylation sites is 2. The number of carbonyl (C=O) groups excluding carboxylic acids is 2. The second kappa shape index (κ2) is 13.5. The summed E-state index contributed by atoms with van der Waals surface area (Å²) in [4.78, 5) is 28.7. The highest BCUT2D eigenvalue weighted by molar-refractivity contribution is 8.13. The first kappa shape index (κ1) is 31.9. The van der Waals surface area contributed by atoms with E-state index >= 15 is 0 Å². The highest BCUT2D eigenvalue weighted by atomic mass is 32.2. The maximum Gasteiger partial charge on any atom is 0.257 e. The van der Waals surface area contributed by atoms with E-state index in [1.165, 1.54) is 0 Å². The van der Waals surface area contributed by atoms with Gasteiger partial charge in [-0.2, -0.15) is 0 Å². The molecule has 6 nitrogen and oxygen atoms in total. The molecule has 4 rings (SSSR count). The lowest BCUT2D eigenvalue weighted by molar-refractivity contribution is -0.124. The third kappa shape index (κ3) is 8.49. The number of phenolic OH excluding ortho intramolecular Hbond substituents is 1. The Balaban J connectivity index is 1.44. The Labute approximate surface area is 259 Å². The third-order valence-electron chi connectivity index (χ3n) is 6.83. The largest absolute Gasteiger partial charge is 0.507 e. The Morgan fingerprint density at radius 1 is 0.721 bits per heavy atom. The van der Waals surface area contributed by atoms with E-state index in [1.54, 1.807) is 4.90 Å². The van der Waals surface area contributed by atoms with E-state index in [9.17, 15) is 14.7 Å². The molecule has 7 heteroatoms. The average molecular weight is 597 g/mol. The van der Waals surface area contributed by atoms with Crippen LogP contribution in [-0.4, -0.2) is 29.3 Å². The summed E-state index contributed by atoms with van der Waals surface area (Å²) in [6, 6.07) is 30.5. The van der Waals surface area contributed by atoms with Gasteiger partial charge in [0, 0.05) is 38.8 Å². The van der Waals surface area contributed by atoms with Gasteiger partial charge in [-0.3, -0.25) is 14.5 Å². The van der Waals surface area contributed by atoms with Gasteiger partial charge >= 0.3 is 0 Å². The zero-order valence-corrected chi connectivity index (χ0v) is 26.5. The van der Waals surface area contributed by atoms with Crippen LogP contribution in [0.1, 0.15) is 52.7 Å². The van der Waals surface area contributed by atoms with Gasteiger partial charge in [0.1, 0.15) is 19.0 Å². The predicted octanol–water partition coefficient (Wildman–Crippen LogP) is 8.73. The molecule has 0 saturated heterocycles. The Morgan fingerprint density at radius 3 is 1.74 bits per heavy atom. The Hall–Kier alpha value is -4.07. The number of aromatic hydroxyl groups is 1. The molecule has 2 N–H and O–H groups in total. The number of hydrogen-bond donors (Lipinski definition) is 2. The van der Waals surface area contributed by atoms with Crippen molar-refractivity contribution < 1.29 is 19.4 Å². The molecule has 43 heavy (non-hydrogen) atoms. The number of nitrogens with one attached hydrogen (secondary N) is 1. The molecule has 0 atom stereocenters. The predicted molar refractivity (Wildman–Crippen MR) is 177 cm³/mol. The van der Waals surface area contributed by atoms with Crippen molar-refractivity contribution in [2.24, 2.45) is 0 Å². The monoisotopic (exact) mass is 596 g/mol. The zero-order valence-electron chi connectivity index (χ0n) is 25.7. The van der Waals surface area contributed by atoms with Crippen LogP contribution in [0, 0.1) is 0 Å². The minimum atomic E-state index is -0.302. The molecule has 1 amide bonds. The fraction of sp³-hybridized carbons (Fsp3) is 0.278. The van der Waals surface area contributed by atoms with Crippen molar-refractivity contribution in [3.63, 3.8) is 0 Å². The number of ether oxygens (including phenoxy) is 1. The molecule has 0 unspecified atom stereocenters. The van der Waals surface area contributed by atoms with Crippen LogP contribution in [0.3, 0.4) is 0 Å². The van der Waals surface area contributed by atoms with Crippen molar-refractivity contribution in [2.45, 2.75) is 57.3 Å². The number of rotatable bonds is 9. The summed E-state index contributed by atoms with van der Waals surface area (Å²) in [6.07, 6.45) is 0. The second-order valence-electron chi connectivity index (χ2n) is 12.4. The maximum absolute atomic E-state index is 13.4. The number of nitrogens with zero attached hydrogens (tertiary/aromatic N) is 1. The smallest absolute Gasteiger partial charge is 0.257 e. The summed E-state index contributed by atoms with van der Waals surface area (Å²) in [5.74, 6) is -0.0223. The first-order valence-electron chi connectivity index (χ1n) is 14.3. The molecule has 224 valence electrons. The van der Waals surface area contributed by atoms with Crippen LogP contribution in [0.4, 0.5) is 22.7 Å². The lowest BCUT2D eigenvalue weighted by Crippen LogP contribution is -2.30. The average Bonchev–Trinajstić information content (AvgIpc) is 2.95. The van der Waals surface area contributed by atoms with Gasteiger partial charge in [0.2, 0.25) is 5.12 Å². The summed E-state index contributed by atoms with van der Waals surface area (Å²) in [5.41, 5.74) is 4.23. The summed E-state index contributed by atoms with van der Waals surface area (Å²) >= 11 is 1.06. The Kier molecular flexibility index (Phi) is 9.99. The molecule has 0 aliphatic carbocycles. The van der Waals surface area contributed by atoms with E-state index in [-0.39, 0.29) is 40.8 Å². The van der Waals surface area contributed by atoms with Gasteiger partial charge in [0.15, 0.2) is 0 Å². The molecule has 4 aromatic carbocycles. The molecular weight excluding hydrogens is 556 g/mol. The molecule has 0 fully saturated rings. The van der Waals surface area contributed by atoms with Gasteiger partial charge in [-0.25, -0.2) is 0 Å². The summed E-state index contributed by atoms with van der Waals surface area (Å²) < 4.78 is 5.65. The summed E-state index contributed by atoms with van der Waals surface area (Å²) in [6.45, 7) is 11.7. The van der Waals surface area contributed by atoms with Crippen molar-refractivity contribution in [2.75, 3.05) is 23.4 Å². The highest BCUT2D eigenvalue weighted by Crippen LogP contribution is 2.42. The van der Waals surface area contributed by atoms with Gasteiger partial charge < -0.3 is 15.2 Å². The van der Waals surface area contributed by atoms with Gasteiger partial charge in [-0.05, 0) is 83.3 Å². The number of phenols is 1. The molecule has 0 spiro atoms. The highest BCUT2D eigenvalue weighted by Gasteiger charge is 2.27. The zero-order chi connectivity index (χ0) is 31.2. The quantitative estimate of drug-likeness (QED) is 0.188. The lowest BCUT2D eigenvalue weighted by Gasteiger charge is -2.28. The van der Waals surface area contributed by atoms with Crippen LogP contribution < -0.4 is 10.2 Å². The fourth-order valence-corrected chi connectivity index (χ4v) is 5.41. The van der Waals surface area contributed by atoms with Gasteiger partial charge in [0.05, 0.1) is 0 Å². The number of amides is 1. The molecule has 0 bridgehead atoms. The minimum absolute atomic E-state index is 0.221. The topological polar surface area (TPSA) is 78.9 Å². The molecule has 0 radical (unpaired) electrons. The van der Waals surface area contributed by atoms with E-state index in [0.717, 1.165) is 39.2 Å². The third-order valence-corrected chi connectivity index (χ3v) is 7.65. The molecule has 0 heterocycles. The van der Waals surface area contributed by atoms with Crippen LogP contribution in [0.2, 0.25) is 0 Å². The van der Waals surface area contributed by atoms with Crippen molar-refractivity contribution in [3.05, 3.63) is 108 Å². The van der Waals surface area contributed by atoms with Crippen molar-refractivity contribution in [3.8, 4) is 5.75 Å². The minimum Gasteiger partial charge on any atom is -0.507 e. The fourth-order valence-electron chi connectivity index (χ4n) is 4.65. The van der Waals surface area contributed by atoms with Crippen molar-refractivity contribution in [1.82, 2.24) is 0 Å². The van der Waals surface area contributed by atoms with Gasteiger partial charge in [-0.15, -0.1) is 0 Å². The number of benzene rings is 4. The number of thioether (sulfide) groups is 1. The molecule has 0 saturated carbocycles. The normalized spacial score (nSPS) is 11.7. The van der Waals surface area contributed by atoms with E-state index in [4.69, 9.17) is 4.74 Å². The summed E-state index contributed by atoms with van der Waals surface area (Å²) in [7, 11) is 0. The molecular formula is C36H40N2O4S. The second-order valence-corrected chi connectivity index (χ2v) is 13.6. The first-order chi connectivity index (χ1) is 20.3. The first-order valence-corrected chi connectivity index (χ1v) is 15.1. The lowest BCUT2D eigenvalue weighted by atomic mass is 9.79. The van der Waals surface area contributed by atoms with E-state index in [0.29, 0.717) is 11.4 Å². The Bertz CT molecular complexity index is 1510. The van der Waals surface area contributed by atoms with Crippen LogP contribution in [0.15, 0.2) is 102 Å². The number of hydrogen-bond acceptors (Lipinski definition) is 6. The van der Waals surface area contributed by atoms with E-state index < -0.39 is 0 Å². The van der Waals surface area contributed by atoms with Crippen LogP contribution in [0.25, 0.3) is 0 Å². The maximum atomic E-state index is 13.4. The number of anilines is 4. The van der Waals surface area contributed by atoms with Gasteiger partial charge in [-0.1, -0.05) is 77.9 Å². The summed E-state index contributed by atoms with van der Waals surface area (Å²) in [5, 5.41) is 14.1. The molecule has 4 aromatic rings. The number of carbonyl (C=O) groups is 2. The van der Waals surface area contributed by atoms with Crippen LogP contribution in [0.5, 0.6) is 5.75 Å². The molecule has 0 aliphatic heterocycles. The SMILES string of the molecule is CC(C)(C)c1cc(SC(=O)COCC(=O)N(c2ccccc2)c2ccc(Nc3ccccc3)cc2)cc(C(C)(C)C)c1O. The molecule has 0 aromatic heterocycles. The molecule has 0 aliphatic rings. The van der Waals surface area contributed by atoms with E-state index in [2.05, 4.69) is 5.32 Å². The standard InChI is InChI=1S/C36H40N2O4S/c1-35(2,3)30-21-29(22-31(34(30)41)36(4,5)6)43-33(40)24-42-23-32(39)38(27-15-11-8-12-16-27)28-19-17-26(18-20-28)37-25-13-9-7-10-14-25/h7-22,37,41H,23-24H2,1-6H3.